The van der Waals surface area contributed by atoms with Gasteiger partial charge in [-0.2, -0.15) is 0 Å². The second kappa shape index (κ2) is 8.08. The van der Waals surface area contributed by atoms with Crippen LogP contribution in [-0.2, 0) is 11.3 Å². The van der Waals surface area contributed by atoms with Crippen LogP contribution in [0, 0.1) is 5.92 Å². The molecule has 0 bridgehead atoms. The van der Waals surface area contributed by atoms with E-state index in [0.717, 1.165) is 24.5 Å². The molecule has 1 fully saturated rings. The molecule has 1 aromatic rings. The van der Waals surface area contributed by atoms with Gasteiger partial charge in [-0.15, -0.1) is 0 Å². The fourth-order valence-electron chi connectivity index (χ4n) is 2.16. The number of benzene rings is 1. The minimum Gasteiger partial charge on any atom is -0.491 e. The van der Waals surface area contributed by atoms with Crippen molar-refractivity contribution in [1.29, 1.82) is 0 Å². The topological polar surface area (TPSA) is 30.5 Å². The van der Waals surface area contributed by atoms with Gasteiger partial charge in [0.05, 0.1) is 18.2 Å². The van der Waals surface area contributed by atoms with E-state index < -0.39 is 0 Å². The van der Waals surface area contributed by atoms with E-state index >= 15 is 0 Å². The molecule has 20 heavy (non-hydrogen) atoms. The largest absolute Gasteiger partial charge is 0.491 e. The van der Waals surface area contributed by atoms with Gasteiger partial charge in [-0.3, -0.25) is 0 Å². The summed E-state index contributed by atoms with van der Waals surface area (Å²) in [5, 5.41) is 4.51. The average Bonchev–Trinajstić information content (AvgIpc) is 2.35. The maximum absolute atomic E-state index is 6.26. The van der Waals surface area contributed by atoms with Crippen LogP contribution in [0.5, 0.6) is 5.75 Å². The molecule has 1 aliphatic rings. The standard InChI is InChI=1S/C15H21Cl2NO2/c1-19-6-5-18-9-12-7-13(16)8-14(17)15(12)20-10-11-3-2-4-11/h7-8,11,18H,2-6,9-10H2,1H3. The van der Waals surface area contributed by atoms with E-state index in [2.05, 4.69) is 5.32 Å². The zero-order valence-corrected chi connectivity index (χ0v) is 13.3. The Kier molecular flexibility index (Phi) is 6.43. The van der Waals surface area contributed by atoms with Crippen molar-refractivity contribution in [3.8, 4) is 5.75 Å². The molecule has 1 aliphatic carbocycles. The molecule has 0 amide bonds. The second-order valence-corrected chi connectivity index (χ2v) is 6.00. The number of rotatable bonds is 8. The lowest BCUT2D eigenvalue weighted by molar-refractivity contribution is 0.179. The Morgan fingerprint density at radius 3 is 2.75 bits per heavy atom. The summed E-state index contributed by atoms with van der Waals surface area (Å²) in [4.78, 5) is 0. The summed E-state index contributed by atoms with van der Waals surface area (Å²) >= 11 is 12.3. The van der Waals surface area contributed by atoms with Crippen LogP contribution >= 0.6 is 23.2 Å². The van der Waals surface area contributed by atoms with E-state index in [1.807, 2.05) is 6.07 Å². The first-order valence-electron chi connectivity index (χ1n) is 7.01. The van der Waals surface area contributed by atoms with Gasteiger partial charge in [-0.25, -0.2) is 0 Å². The van der Waals surface area contributed by atoms with Gasteiger partial charge < -0.3 is 14.8 Å². The van der Waals surface area contributed by atoms with Gasteiger partial charge in [-0.1, -0.05) is 29.6 Å². The highest BCUT2D eigenvalue weighted by Gasteiger charge is 2.19. The number of methoxy groups -OCH3 is 1. The van der Waals surface area contributed by atoms with Crippen LogP contribution in [0.1, 0.15) is 24.8 Å². The zero-order valence-electron chi connectivity index (χ0n) is 11.8. The van der Waals surface area contributed by atoms with E-state index in [4.69, 9.17) is 32.7 Å². The molecule has 1 saturated carbocycles. The Bertz CT molecular complexity index is 436. The lowest BCUT2D eigenvalue weighted by Gasteiger charge is -2.26. The summed E-state index contributed by atoms with van der Waals surface area (Å²) in [5.41, 5.74) is 0.998. The van der Waals surface area contributed by atoms with E-state index in [1.54, 1.807) is 13.2 Å². The van der Waals surface area contributed by atoms with E-state index in [9.17, 15) is 0 Å². The molecule has 1 N–H and O–H groups in total. The molecule has 112 valence electrons. The summed E-state index contributed by atoms with van der Waals surface area (Å²) in [5.74, 6) is 1.43. The minimum absolute atomic E-state index is 0.584. The van der Waals surface area contributed by atoms with Crippen molar-refractivity contribution in [3.05, 3.63) is 27.7 Å². The first-order chi connectivity index (χ1) is 9.70. The van der Waals surface area contributed by atoms with Crippen LogP contribution < -0.4 is 10.1 Å². The molecule has 0 saturated heterocycles. The van der Waals surface area contributed by atoms with Gasteiger partial charge in [0, 0.05) is 30.8 Å². The average molecular weight is 318 g/mol. The van der Waals surface area contributed by atoms with Crippen LogP contribution in [0.3, 0.4) is 0 Å². The predicted molar refractivity (Wildman–Crippen MR) is 82.9 cm³/mol. The molecule has 0 unspecified atom stereocenters. The second-order valence-electron chi connectivity index (χ2n) is 5.15. The van der Waals surface area contributed by atoms with Gasteiger partial charge in [0.1, 0.15) is 5.75 Å². The summed E-state index contributed by atoms with van der Waals surface area (Å²) in [6.45, 7) is 2.87. The summed E-state index contributed by atoms with van der Waals surface area (Å²) in [7, 11) is 1.69. The fraction of sp³-hybridized carbons (Fsp3) is 0.600. The number of hydrogen-bond donors (Lipinski definition) is 1. The molecule has 0 aromatic heterocycles. The Labute approximate surface area is 130 Å². The molecule has 0 spiro atoms. The lowest BCUT2D eigenvalue weighted by atomic mass is 9.86. The Balaban J connectivity index is 1.98. The molecule has 0 heterocycles. The van der Waals surface area contributed by atoms with Gasteiger partial charge >= 0.3 is 0 Å². The number of ether oxygens (including phenoxy) is 2. The summed E-state index contributed by atoms with van der Waals surface area (Å²) < 4.78 is 10.9. The molecular formula is C15H21Cl2NO2. The SMILES string of the molecule is COCCNCc1cc(Cl)cc(Cl)c1OCC1CCC1. The minimum atomic E-state index is 0.584. The van der Waals surface area contributed by atoms with Crippen LogP contribution in [-0.4, -0.2) is 26.9 Å². The van der Waals surface area contributed by atoms with Crippen LogP contribution in [0.15, 0.2) is 12.1 Å². The Morgan fingerprint density at radius 1 is 1.30 bits per heavy atom. The maximum Gasteiger partial charge on any atom is 0.142 e. The summed E-state index contributed by atoms with van der Waals surface area (Å²) in [6, 6.07) is 3.64. The van der Waals surface area contributed by atoms with Crippen molar-refractivity contribution in [1.82, 2.24) is 5.32 Å². The highest BCUT2D eigenvalue weighted by molar-refractivity contribution is 6.35. The Hall–Kier alpha value is -0.480. The smallest absolute Gasteiger partial charge is 0.142 e. The van der Waals surface area contributed by atoms with Crippen molar-refractivity contribution in [2.45, 2.75) is 25.8 Å². The van der Waals surface area contributed by atoms with Crippen LogP contribution in [0.25, 0.3) is 0 Å². The Morgan fingerprint density at radius 2 is 2.10 bits per heavy atom. The number of hydrogen-bond acceptors (Lipinski definition) is 3. The quantitative estimate of drug-likeness (QED) is 0.737. The van der Waals surface area contributed by atoms with Crippen LogP contribution in [0.2, 0.25) is 10.0 Å². The van der Waals surface area contributed by atoms with Gasteiger partial charge in [0.25, 0.3) is 0 Å². The molecule has 0 atom stereocenters. The predicted octanol–water partition coefficient (Wildman–Crippen LogP) is 3.91. The first-order valence-corrected chi connectivity index (χ1v) is 7.76. The third-order valence-electron chi connectivity index (χ3n) is 3.57. The van der Waals surface area contributed by atoms with Crippen molar-refractivity contribution in [3.63, 3.8) is 0 Å². The third kappa shape index (κ3) is 4.52. The van der Waals surface area contributed by atoms with Gasteiger partial charge in [0.2, 0.25) is 0 Å². The first kappa shape index (κ1) is 15.9. The number of nitrogens with one attached hydrogen (secondary N) is 1. The molecule has 3 nitrogen and oxygen atoms in total. The van der Waals surface area contributed by atoms with Gasteiger partial charge in [0.15, 0.2) is 0 Å². The molecular weight excluding hydrogens is 297 g/mol. The lowest BCUT2D eigenvalue weighted by Crippen LogP contribution is -2.21. The molecule has 0 aliphatic heterocycles. The number of halogens is 2. The highest BCUT2D eigenvalue weighted by Crippen LogP contribution is 2.34. The van der Waals surface area contributed by atoms with Crippen molar-refractivity contribution >= 4 is 23.2 Å². The normalized spacial score (nSPS) is 15.2. The van der Waals surface area contributed by atoms with Crippen molar-refractivity contribution in [2.75, 3.05) is 26.9 Å². The zero-order chi connectivity index (χ0) is 14.4. The van der Waals surface area contributed by atoms with Gasteiger partial charge in [-0.05, 0) is 30.9 Å². The molecule has 5 heteroatoms. The fourth-order valence-corrected chi connectivity index (χ4v) is 2.75. The monoisotopic (exact) mass is 317 g/mol. The highest BCUT2D eigenvalue weighted by atomic mass is 35.5. The summed E-state index contributed by atoms with van der Waals surface area (Å²) in [6.07, 6.45) is 3.83. The van der Waals surface area contributed by atoms with E-state index in [0.29, 0.717) is 29.1 Å². The van der Waals surface area contributed by atoms with E-state index in [1.165, 1.54) is 19.3 Å². The molecule has 1 aromatic carbocycles. The van der Waals surface area contributed by atoms with Crippen LogP contribution in [0.4, 0.5) is 0 Å². The maximum atomic E-state index is 6.26. The van der Waals surface area contributed by atoms with E-state index in [-0.39, 0.29) is 0 Å². The molecule has 0 radical (unpaired) electrons. The molecule has 2 rings (SSSR count). The van der Waals surface area contributed by atoms with Crippen molar-refractivity contribution in [2.24, 2.45) is 5.92 Å². The van der Waals surface area contributed by atoms with Crippen molar-refractivity contribution < 1.29 is 9.47 Å². The third-order valence-corrected chi connectivity index (χ3v) is 4.07.